The fraction of sp³-hybridized carbons (Fsp3) is 0.118. The van der Waals surface area contributed by atoms with Crippen LogP contribution < -0.4 is 15.2 Å². The summed E-state index contributed by atoms with van der Waals surface area (Å²) in [5.41, 5.74) is 8.97. The van der Waals surface area contributed by atoms with E-state index >= 15 is 0 Å². The van der Waals surface area contributed by atoms with Gasteiger partial charge in [0.25, 0.3) is 0 Å². The highest BCUT2D eigenvalue weighted by Crippen LogP contribution is 2.34. The zero-order valence-electron chi connectivity index (χ0n) is 11.7. The number of nitrogen functional groups attached to an aromatic ring is 1. The van der Waals surface area contributed by atoms with Crippen LogP contribution in [0.25, 0.3) is 10.9 Å². The SMILES string of the molecule is Nc1cc(Cc2ccc3c(c2)OCO3)c2cc(Cl)ccc2n1. The van der Waals surface area contributed by atoms with Crippen LogP contribution in [0.1, 0.15) is 11.1 Å². The number of ether oxygens (including phenoxy) is 2. The maximum absolute atomic E-state index is 6.11. The Bertz CT molecular complexity index is 880. The van der Waals surface area contributed by atoms with Gasteiger partial charge in [0.15, 0.2) is 11.5 Å². The zero-order chi connectivity index (χ0) is 15.1. The molecule has 1 aromatic heterocycles. The molecule has 0 radical (unpaired) electrons. The number of hydrogen-bond donors (Lipinski definition) is 1. The first-order chi connectivity index (χ1) is 10.7. The Kier molecular flexibility index (Phi) is 3.05. The second-order valence-electron chi connectivity index (χ2n) is 5.23. The lowest BCUT2D eigenvalue weighted by molar-refractivity contribution is 0.174. The Balaban J connectivity index is 1.79. The van der Waals surface area contributed by atoms with E-state index in [4.69, 9.17) is 26.8 Å². The van der Waals surface area contributed by atoms with E-state index in [2.05, 4.69) is 4.98 Å². The molecule has 110 valence electrons. The molecule has 0 fully saturated rings. The summed E-state index contributed by atoms with van der Waals surface area (Å²) in [4.78, 5) is 4.35. The van der Waals surface area contributed by atoms with Crippen LogP contribution in [0.15, 0.2) is 42.5 Å². The Labute approximate surface area is 132 Å². The molecule has 5 heteroatoms. The van der Waals surface area contributed by atoms with E-state index in [-0.39, 0.29) is 6.79 Å². The van der Waals surface area contributed by atoms with Gasteiger partial charge in [-0.25, -0.2) is 4.98 Å². The third-order valence-corrected chi connectivity index (χ3v) is 3.94. The third-order valence-electron chi connectivity index (χ3n) is 3.71. The van der Waals surface area contributed by atoms with E-state index in [0.717, 1.165) is 39.9 Å². The standard InChI is InChI=1S/C17H13ClN2O2/c18-12-2-3-14-13(8-12)11(7-17(19)20-14)5-10-1-4-15-16(6-10)22-9-21-15/h1-4,6-8H,5,9H2,(H2,19,20). The first-order valence-corrected chi connectivity index (χ1v) is 7.30. The van der Waals surface area contributed by atoms with Crippen molar-refractivity contribution in [1.82, 2.24) is 4.98 Å². The fourth-order valence-electron chi connectivity index (χ4n) is 2.71. The van der Waals surface area contributed by atoms with Crippen LogP contribution in [0.4, 0.5) is 5.82 Å². The predicted molar refractivity (Wildman–Crippen MR) is 86.5 cm³/mol. The number of hydrogen-bond acceptors (Lipinski definition) is 4. The highest BCUT2D eigenvalue weighted by atomic mass is 35.5. The van der Waals surface area contributed by atoms with Gasteiger partial charge in [-0.1, -0.05) is 17.7 Å². The van der Waals surface area contributed by atoms with E-state index in [1.165, 1.54) is 0 Å². The van der Waals surface area contributed by atoms with Crippen LogP contribution in [0.5, 0.6) is 11.5 Å². The van der Waals surface area contributed by atoms with Crippen LogP contribution >= 0.6 is 11.6 Å². The number of rotatable bonds is 2. The van der Waals surface area contributed by atoms with Gasteiger partial charge in [-0.3, -0.25) is 0 Å². The molecule has 4 nitrogen and oxygen atoms in total. The van der Waals surface area contributed by atoms with Crippen molar-refractivity contribution in [2.24, 2.45) is 0 Å². The largest absolute Gasteiger partial charge is 0.454 e. The highest BCUT2D eigenvalue weighted by Gasteiger charge is 2.14. The average molecular weight is 313 g/mol. The van der Waals surface area contributed by atoms with Crippen LogP contribution in [0, 0.1) is 0 Å². The smallest absolute Gasteiger partial charge is 0.231 e. The van der Waals surface area contributed by atoms with Crippen molar-refractivity contribution in [3.8, 4) is 11.5 Å². The summed E-state index contributed by atoms with van der Waals surface area (Å²) in [5, 5.41) is 1.70. The number of nitrogens with zero attached hydrogens (tertiary/aromatic N) is 1. The number of aromatic nitrogens is 1. The molecular formula is C17H13ClN2O2. The minimum Gasteiger partial charge on any atom is -0.454 e. The van der Waals surface area contributed by atoms with Crippen molar-refractivity contribution >= 4 is 28.3 Å². The summed E-state index contributed by atoms with van der Waals surface area (Å²) in [5.74, 6) is 2.07. The van der Waals surface area contributed by atoms with Crippen molar-refractivity contribution < 1.29 is 9.47 Å². The first kappa shape index (κ1) is 13.2. The summed E-state index contributed by atoms with van der Waals surface area (Å²) >= 11 is 6.11. The number of nitrogens with two attached hydrogens (primary N) is 1. The van der Waals surface area contributed by atoms with Crippen LogP contribution in [-0.2, 0) is 6.42 Å². The second kappa shape index (κ2) is 5.07. The Morgan fingerprint density at radius 3 is 2.82 bits per heavy atom. The van der Waals surface area contributed by atoms with E-state index < -0.39 is 0 Å². The topological polar surface area (TPSA) is 57.4 Å². The van der Waals surface area contributed by atoms with Gasteiger partial charge in [-0.15, -0.1) is 0 Å². The fourth-order valence-corrected chi connectivity index (χ4v) is 2.88. The molecule has 0 saturated carbocycles. The molecule has 0 saturated heterocycles. The van der Waals surface area contributed by atoms with Crippen molar-refractivity contribution in [3.05, 3.63) is 58.6 Å². The zero-order valence-corrected chi connectivity index (χ0v) is 12.4. The second-order valence-corrected chi connectivity index (χ2v) is 5.67. The molecule has 2 aromatic carbocycles. The molecule has 0 amide bonds. The van der Waals surface area contributed by atoms with Crippen LogP contribution in [0.3, 0.4) is 0 Å². The third kappa shape index (κ3) is 2.31. The first-order valence-electron chi connectivity index (χ1n) is 6.92. The van der Waals surface area contributed by atoms with Gasteiger partial charge in [-0.05, 0) is 53.9 Å². The summed E-state index contributed by atoms with van der Waals surface area (Å²) in [6.07, 6.45) is 0.722. The molecule has 0 bridgehead atoms. The monoisotopic (exact) mass is 312 g/mol. The predicted octanol–water partition coefficient (Wildman–Crippen LogP) is 3.79. The average Bonchev–Trinajstić information content (AvgIpc) is 2.95. The molecule has 0 spiro atoms. The molecule has 0 aliphatic carbocycles. The summed E-state index contributed by atoms with van der Waals surface area (Å²) in [6.45, 7) is 0.277. The molecule has 3 aromatic rings. The number of fused-ring (bicyclic) bond motifs is 2. The maximum atomic E-state index is 6.11. The molecule has 2 heterocycles. The van der Waals surface area contributed by atoms with Crippen molar-refractivity contribution in [2.45, 2.75) is 6.42 Å². The Hall–Kier alpha value is -2.46. The van der Waals surface area contributed by atoms with E-state index in [9.17, 15) is 0 Å². The summed E-state index contributed by atoms with van der Waals surface area (Å²) in [6, 6.07) is 13.5. The van der Waals surface area contributed by atoms with Crippen molar-refractivity contribution in [1.29, 1.82) is 0 Å². The van der Waals surface area contributed by atoms with E-state index in [1.807, 2.05) is 42.5 Å². The minimum absolute atomic E-state index is 0.277. The minimum atomic E-state index is 0.277. The quantitative estimate of drug-likeness (QED) is 0.782. The molecule has 0 atom stereocenters. The number of halogens is 1. The van der Waals surface area contributed by atoms with Crippen molar-refractivity contribution in [2.75, 3.05) is 12.5 Å². The van der Waals surface area contributed by atoms with Gasteiger partial charge >= 0.3 is 0 Å². The normalized spacial score (nSPS) is 12.8. The van der Waals surface area contributed by atoms with Gasteiger partial charge in [0.1, 0.15) is 5.82 Å². The van der Waals surface area contributed by atoms with Crippen molar-refractivity contribution in [3.63, 3.8) is 0 Å². The number of pyridine rings is 1. The lowest BCUT2D eigenvalue weighted by atomic mass is 10.0. The Morgan fingerprint density at radius 1 is 1.05 bits per heavy atom. The van der Waals surface area contributed by atoms with Gasteiger partial charge in [0.05, 0.1) is 5.52 Å². The number of anilines is 1. The van der Waals surface area contributed by atoms with Gasteiger partial charge in [-0.2, -0.15) is 0 Å². The molecule has 1 aliphatic heterocycles. The number of benzene rings is 2. The molecule has 22 heavy (non-hydrogen) atoms. The summed E-state index contributed by atoms with van der Waals surface area (Å²) < 4.78 is 10.8. The van der Waals surface area contributed by atoms with Gasteiger partial charge in [0.2, 0.25) is 6.79 Å². The molecule has 0 unspecified atom stereocenters. The van der Waals surface area contributed by atoms with Crippen LogP contribution in [0.2, 0.25) is 5.02 Å². The molecule has 1 aliphatic rings. The van der Waals surface area contributed by atoms with Crippen LogP contribution in [-0.4, -0.2) is 11.8 Å². The molecule has 4 rings (SSSR count). The molecular weight excluding hydrogens is 300 g/mol. The van der Waals surface area contributed by atoms with Gasteiger partial charge in [0, 0.05) is 10.4 Å². The lowest BCUT2D eigenvalue weighted by Gasteiger charge is -2.09. The van der Waals surface area contributed by atoms with E-state index in [1.54, 1.807) is 0 Å². The molecule has 2 N–H and O–H groups in total. The van der Waals surface area contributed by atoms with E-state index in [0.29, 0.717) is 10.8 Å². The summed E-state index contributed by atoms with van der Waals surface area (Å²) in [7, 11) is 0. The lowest BCUT2D eigenvalue weighted by Crippen LogP contribution is -1.97. The highest BCUT2D eigenvalue weighted by molar-refractivity contribution is 6.31. The van der Waals surface area contributed by atoms with Gasteiger partial charge < -0.3 is 15.2 Å². The Morgan fingerprint density at radius 2 is 1.91 bits per heavy atom. The maximum Gasteiger partial charge on any atom is 0.231 e.